The fourth-order valence-electron chi connectivity index (χ4n) is 3.42. The van der Waals surface area contributed by atoms with Gasteiger partial charge in [-0.1, -0.05) is 6.07 Å². The molecule has 0 saturated carbocycles. The van der Waals surface area contributed by atoms with E-state index in [1.54, 1.807) is 12.4 Å². The average molecular weight is 391 g/mol. The Kier molecular flexibility index (Phi) is 8.16. The number of hydrogen-bond acceptors (Lipinski definition) is 7. The molecular formula is C19H29N5O4. The van der Waals surface area contributed by atoms with E-state index < -0.39 is 11.8 Å². The van der Waals surface area contributed by atoms with E-state index in [1.165, 1.54) is 0 Å². The molecular weight excluding hydrogens is 362 g/mol. The van der Waals surface area contributed by atoms with Crippen molar-refractivity contribution >= 4 is 11.8 Å². The van der Waals surface area contributed by atoms with E-state index in [4.69, 9.17) is 9.47 Å². The van der Waals surface area contributed by atoms with Crippen molar-refractivity contribution in [3.8, 4) is 0 Å². The number of rotatable bonds is 7. The van der Waals surface area contributed by atoms with Gasteiger partial charge in [0.05, 0.1) is 32.5 Å². The molecule has 3 rings (SSSR count). The second-order valence-electron chi connectivity index (χ2n) is 6.87. The maximum atomic E-state index is 12.2. The van der Waals surface area contributed by atoms with Crippen molar-refractivity contribution < 1.29 is 19.1 Å². The summed E-state index contributed by atoms with van der Waals surface area (Å²) in [5.74, 6) is -1.20. The number of ether oxygens (including phenoxy) is 2. The van der Waals surface area contributed by atoms with Gasteiger partial charge in [-0.05, 0) is 11.6 Å². The Morgan fingerprint density at radius 3 is 2.39 bits per heavy atom. The van der Waals surface area contributed by atoms with Gasteiger partial charge in [0.2, 0.25) is 0 Å². The summed E-state index contributed by atoms with van der Waals surface area (Å²) < 4.78 is 10.7. The molecule has 0 unspecified atom stereocenters. The molecule has 2 aliphatic heterocycles. The first-order chi connectivity index (χ1) is 13.7. The van der Waals surface area contributed by atoms with Crippen LogP contribution in [0.1, 0.15) is 11.6 Å². The number of carbonyl (C=O) groups excluding carboxylic acids is 2. The van der Waals surface area contributed by atoms with E-state index in [9.17, 15) is 9.59 Å². The normalized spacial score (nSPS) is 19.7. The van der Waals surface area contributed by atoms with Gasteiger partial charge in [0.15, 0.2) is 0 Å². The molecule has 1 aromatic heterocycles. The molecule has 2 amide bonds. The second kappa shape index (κ2) is 11.1. The Morgan fingerprint density at radius 1 is 1.04 bits per heavy atom. The summed E-state index contributed by atoms with van der Waals surface area (Å²) in [4.78, 5) is 33.0. The van der Waals surface area contributed by atoms with Crippen LogP contribution >= 0.6 is 0 Å². The fraction of sp³-hybridized carbons (Fsp3) is 0.632. The van der Waals surface area contributed by atoms with Crippen LogP contribution < -0.4 is 10.6 Å². The van der Waals surface area contributed by atoms with Gasteiger partial charge in [-0.3, -0.25) is 24.4 Å². The van der Waals surface area contributed by atoms with Crippen LogP contribution in [0.4, 0.5) is 0 Å². The number of carbonyl (C=O) groups is 2. The number of pyridine rings is 1. The lowest BCUT2D eigenvalue weighted by atomic mass is 10.1. The lowest BCUT2D eigenvalue weighted by Gasteiger charge is -2.34. The summed E-state index contributed by atoms with van der Waals surface area (Å²) in [7, 11) is 0. The van der Waals surface area contributed by atoms with Gasteiger partial charge in [-0.2, -0.15) is 0 Å². The van der Waals surface area contributed by atoms with Gasteiger partial charge in [-0.25, -0.2) is 0 Å². The molecule has 28 heavy (non-hydrogen) atoms. The topological polar surface area (TPSA) is 96.0 Å². The average Bonchev–Trinajstić information content (AvgIpc) is 2.76. The first-order valence-corrected chi connectivity index (χ1v) is 9.82. The van der Waals surface area contributed by atoms with Gasteiger partial charge in [0.25, 0.3) is 0 Å². The molecule has 1 atom stereocenters. The Hall–Kier alpha value is -2.07. The largest absolute Gasteiger partial charge is 0.379 e. The molecule has 2 aliphatic rings. The zero-order chi connectivity index (χ0) is 19.6. The summed E-state index contributed by atoms with van der Waals surface area (Å²) in [6, 6.07) is 3.83. The van der Waals surface area contributed by atoms with Crippen LogP contribution in [-0.2, 0) is 19.1 Å². The lowest BCUT2D eigenvalue weighted by molar-refractivity contribution is -0.139. The third-order valence-electron chi connectivity index (χ3n) is 5.04. The fourth-order valence-corrected chi connectivity index (χ4v) is 3.42. The van der Waals surface area contributed by atoms with Crippen molar-refractivity contribution in [2.45, 2.75) is 6.04 Å². The predicted molar refractivity (Wildman–Crippen MR) is 103 cm³/mol. The van der Waals surface area contributed by atoms with Gasteiger partial charge in [0, 0.05) is 58.2 Å². The highest BCUT2D eigenvalue weighted by atomic mass is 16.5. The smallest absolute Gasteiger partial charge is 0.309 e. The zero-order valence-electron chi connectivity index (χ0n) is 16.1. The summed E-state index contributed by atoms with van der Waals surface area (Å²) >= 11 is 0. The first kappa shape index (κ1) is 20.7. The van der Waals surface area contributed by atoms with Crippen molar-refractivity contribution in [1.82, 2.24) is 25.4 Å². The molecule has 1 aromatic rings. The molecule has 2 fully saturated rings. The Labute approximate surface area is 165 Å². The quantitative estimate of drug-likeness (QED) is 0.577. The molecule has 0 aliphatic carbocycles. The van der Waals surface area contributed by atoms with Crippen molar-refractivity contribution in [2.75, 3.05) is 72.2 Å². The molecule has 9 heteroatoms. The standard InChI is InChI=1S/C19H29N5O4/c25-18(21-4-5-23-6-10-27-11-7-23)19(26)22-15-17(16-2-1-3-20-14-16)24-8-12-28-13-9-24/h1-3,14,17H,4-13,15H2,(H,21,25)(H,22,26)/t17-/m0/s1. The minimum Gasteiger partial charge on any atom is -0.379 e. The van der Waals surface area contributed by atoms with Crippen LogP contribution in [0.25, 0.3) is 0 Å². The monoisotopic (exact) mass is 391 g/mol. The third-order valence-corrected chi connectivity index (χ3v) is 5.04. The van der Waals surface area contributed by atoms with Crippen molar-refractivity contribution in [2.24, 2.45) is 0 Å². The highest BCUT2D eigenvalue weighted by Gasteiger charge is 2.24. The van der Waals surface area contributed by atoms with Gasteiger partial charge >= 0.3 is 11.8 Å². The number of morpholine rings is 2. The SMILES string of the molecule is O=C(NCCN1CCOCC1)C(=O)NC[C@@H](c1cccnc1)N1CCOCC1. The third kappa shape index (κ3) is 6.23. The summed E-state index contributed by atoms with van der Waals surface area (Å²) in [5.41, 5.74) is 1.01. The van der Waals surface area contributed by atoms with Crippen LogP contribution in [0.3, 0.4) is 0 Å². The summed E-state index contributed by atoms with van der Waals surface area (Å²) in [6.07, 6.45) is 3.52. The van der Waals surface area contributed by atoms with E-state index in [2.05, 4.69) is 25.4 Å². The molecule has 154 valence electrons. The van der Waals surface area contributed by atoms with Crippen LogP contribution in [0.5, 0.6) is 0 Å². The highest BCUT2D eigenvalue weighted by Crippen LogP contribution is 2.20. The van der Waals surface area contributed by atoms with E-state index in [0.29, 0.717) is 46.1 Å². The maximum absolute atomic E-state index is 12.2. The number of amides is 2. The van der Waals surface area contributed by atoms with Crippen LogP contribution in [0.2, 0.25) is 0 Å². The molecule has 2 saturated heterocycles. The Bertz CT molecular complexity index is 618. The number of aromatic nitrogens is 1. The Morgan fingerprint density at radius 2 is 1.71 bits per heavy atom. The lowest BCUT2D eigenvalue weighted by Crippen LogP contribution is -2.48. The van der Waals surface area contributed by atoms with Gasteiger partial charge < -0.3 is 20.1 Å². The van der Waals surface area contributed by atoms with Gasteiger partial charge in [0.1, 0.15) is 0 Å². The molecule has 2 N–H and O–H groups in total. The Balaban J connectivity index is 1.46. The van der Waals surface area contributed by atoms with E-state index in [1.807, 2.05) is 12.1 Å². The van der Waals surface area contributed by atoms with Crippen LogP contribution in [-0.4, -0.2) is 98.8 Å². The molecule has 0 spiro atoms. The number of hydrogen-bond donors (Lipinski definition) is 2. The summed E-state index contributed by atoms with van der Waals surface area (Å²) in [5, 5.41) is 5.47. The van der Waals surface area contributed by atoms with Gasteiger partial charge in [-0.15, -0.1) is 0 Å². The number of nitrogens with one attached hydrogen (secondary N) is 2. The van der Waals surface area contributed by atoms with Crippen LogP contribution in [0.15, 0.2) is 24.5 Å². The van der Waals surface area contributed by atoms with Crippen molar-refractivity contribution in [1.29, 1.82) is 0 Å². The second-order valence-corrected chi connectivity index (χ2v) is 6.87. The van der Waals surface area contributed by atoms with Crippen molar-refractivity contribution in [3.63, 3.8) is 0 Å². The van der Waals surface area contributed by atoms with E-state index >= 15 is 0 Å². The minimum absolute atomic E-state index is 0.0392. The predicted octanol–water partition coefficient (Wildman–Crippen LogP) is -0.980. The first-order valence-electron chi connectivity index (χ1n) is 9.82. The molecule has 0 radical (unpaired) electrons. The van der Waals surface area contributed by atoms with E-state index in [-0.39, 0.29) is 6.04 Å². The number of nitrogens with zero attached hydrogens (tertiary/aromatic N) is 3. The zero-order valence-corrected chi connectivity index (χ0v) is 16.1. The molecule has 0 bridgehead atoms. The molecule has 0 aromatic carbocycles. The maximum Gasteiger partial charge on any atom is 0.309 e. The van der Waals surface area contributed by atoms with Crippen LogP contribution in [0, 0.1) is 0 Å². The molecule has 3 heterocycles. The summed E-state index contributed by atoms with van der Waals surface area (Å²) in [6.45, 7) is 7.53. The minimum atomic E-state index is -0.607. The molecule has 9 nitrogen and oxygen atoms in total. The van der Waals surface area contributed by atoms with Crippen molar-refractivity contribution in [3.05, 3.63) is 30.1 Å². The highest BCUT2D eigenvalue weighted by molar-refractivity contribution is 6.35. The van der Waals surface area contributed by atoms with E-state index in [0.717, 1.165) is 31.7 Å².